The van der Waals surface area contributed by atoms with Crippen LogP contribution in [0.2, 0.25) is 0 Å². The number of nitrogens with zero attached hydrogens (tertiary/aromatic N) is 3. The van der Waals surface area contributed by atoms with Crippen molar-refractivity contribution in [3.63, 3.8) is 0 Å². The number of ether oxygens (including phenoxy) is 1. The molecule has 0 fully saturated rings. The monoisotopic (exact) mass is 320 g/mol. The number of H-pyrrole nitrogens is 1. The topological polar surface area (TPSA) is 107 Å². The van der Waals surface area contributed by atoms with Gasteiger partial charge in [0.25, 0.3) is 0 Å². The van der Waals surface area contributed by atoms with Crippen molar-refractivity contribution in [2.24, 2.45) is 0 Å². The van der Waals surface area contributed by atoms with Crippen molar-refractivity contribution in [3.05, 3.63) is 30.7 Å². The zero-order valence-corrected chi connectivity index (χ0v) is 12.6. The zero-order chi connectivity index (χ0) is 15.7. The number of para-hydroxylation sites is 1. The van der Waals surface area contributed by atoms with Crippen LogP contribution in [0.1, 0.15) is 0 Å². The smallest absolute Gasteiger partial charge is 0.306 e. The van der Waals surface area contributed by atoms with Gasteiger partial charge >= 0.3 is 10.1 Å². The number of rotatable bonds is 4. The lowest BCUT2D eigenvalue weighted by molar-refractivity contribution is 0.393. The molecule has 0 aliphatic heterocycles. The Bertz CT molecular complexity index is 903. The second-order valence-corrected chi connectivity index (χ2v) is 6.04. The Labute approximate surface area is 126 Å². The van der Waals surface area contributed by atoms with Crippen molar-refractivity contribution >= 4 is 21.3 Å². The second kappa shape index (κ2) is 5.26. The maximum atomic E-state index is 11.3. The molecule has 0 aliphatic carbocycles. The van der Waals surface area contributed by atoms with Crippen LogP contribution in [0, 0.1) is 0 Å². The number of imidazole rings is 1. The van der Waals surface area contributed by atoms with E-state index in [1.54, 1.807) is 18.3 Å². The van der Waals surface area contributed by atoms with Crippen LogP contribution in [0.15, 0.2) is 30.7 Å². The molecule has 0 saturated heterocycles. The first-order chi connectivity index (χ1) is 10.5. The van der Waals surface area contributed by atoms with Crippen LogP contribution in [0.25, 0.3) is 22.6 Å². The molecule has 22 heavy (non-hydrogen) atoms. The third kappa shape index (κ3) is 2.70. The van der Waals surface area contributed by atoms with E-state index >= 15 is 0 Å². The van der Waals surface area contributed by atoms with Crippen LogP contribution in [-0.4, -0.2) is 41.7 Å². The summed E-state index contributed by atoms with van der Waals surface area (Å²) in [6.07, 6.45) is 3.96. The highest BCUT2D eigenvalue weighted by Gasteiger charge is 2.18. The highest BCUT2D eigenvalue weighted by atomic mass is 32.2. The van der Waals surface area contributed by atoms with Crippen molar-refractivity contribution in [3.8, 4) is 22.9 Å². The number of hydrogen-bond acceptors (Lipinski definition) is 7. The molecule has 1 aromatic carbocycles. The first kappa shape index (κ1) is 14.3. The van der Waals surface area contributed by atoms with Crippen molar-refractivity contribution in [1.82, 2.24) is 19.9 Å². The molecule has 0 radical (unpaired) electrons. The molecule has 114 valence electrons. The Kier molecular flexibility index (Phi) is 3.41. The summed E-state index contributed by atoms with van der Waals surface area (Å²) in [7, 11) is -2.24. The van der Waals surface area contributed by atoms with Gasteiger partial charge in [-0.3, -0.25) is 0 Å². The molecule has 0 amide bonds. The van der Waals surface area contributed by atoms with Gasteiger partial charge in [-0.05, 0) is 12.1 Å². The summed E-state index contributed by atoms with van der Waals surface area (Å²) >= 11 is 0. The molecule has 8 nitrogen and oxygen atoms in total. The SMILES string of the molecule is COc1c(OS(C)(=O)=O)cccc1-c1nc2ncncc2[nH]1. The van der Waals surface area contributed by atoms with Gasteiger partial charge in [-0.15, -0.1) is 0 Å². The molecular formula is C13H12N4O4S. The highest BCUT2D eigenvalue weighted by Crippen LogP contribution is 2.37. The van der Waals surface area contributed by atoms with E-state index in [9.17, 15) is 8.42 Å². The van der Waals surface area contributed by atoms with Crippen LogP contribution in [-0.2, 0) is 10.1 Å². The van der Waals surface area contributed by atoms with Crippen molar-refractivity contribution in [2.75, 3.05) is 13.4 Å². The van der Waals surface area contributed by atoms with Crippen LogP contribution < -0.4 is 8.92 Å². The van der Waals surface area contributed by atoms with E-state index in [0.29, 0.717) is 22.6 Å². The van der Waals surface area contributed by atoms with Gasteiger partial charge in [0.05, 0.1) is 25.1 Å². The fourth-order valence-electron chi connectivity index (χ4n) is 2.03. The summed E-state index contributed by atoms with van der Waals surface area (Å²) in [5.74, 6) is 0.834. The van der Waals surface area contributed by atoms with Gasteiger partial charge in [-0.2, -0.15) is 8.42 Å². The molecule has 3 aromatic rings. The molecule has 0 bridgehead atoms. The number of nitrogens with one attached hydrogen (secondary N) is 1. The van der Waals surface area contributed by atoms with E-state index in [-0.39, 0.29) is 11.5 Å². The molecule has 2 aromatic heterocycles. The summed E-state index contributed by atoms with van der Waals surface area (Å²) < 4.78 is 32.9. The Morgan fingerprint density at radius 2 is 2.09 bits per heavy atom. The van der Waals surface area contributed by atoms with E-state index in [4.69, 9.17) is 8.92 Å². The molecule has 3 rings (SSSR count). The van der Waals surface area contributed by atoms with E-state index in [0.717, 1.165) is 6.26 Å². The van der Waals surface area contributed by atoms with E-state index < -0.39 is 10.1 Å². The van der Waals surface area contributed by atoms with Gasteiger partial charge in [-0.25, -0.2) is 15.0 Å². The van der Waals surface area contributed by atoms with E-state index in [2.05, 4.69) is 19.9 Å². The van der Waals surface area contributed by atoms with Crippen LogP contribution in [0.4, 0.5) is 0 Å². The molecule has 0 atom stereocenters. The maximum Gasteiger partial charge on any atom is 0.306 e. The molecule has 0 spiro atoms. The lowest BCUT2D eigenvalue weighted by atomic mass is 10.2. The molecule has 0 aliphatic rings. The summed E-state index contributed by atoms with van der Waals surface area (Å²) in [6.45, 7) is 0. The normalized spacial score (nSPS) is 11.5. The number of methoxy groups -OCH3 is 1. The summed E-state index contributed by atoms with van der Waals surface area (Å²) in [6, 6.07) is 4.89. The third-order valence-corrected chi connectivity index (χ3v) is 3.32. The van der Waals surface area contributed by atoms with E-state index in [1.807, 2.05) is 0 Å². The van der Waals surface area contributed by atoms with Crippen LogP contribution in [0.5, 0.6) is 11.5 Å². The molecule has 9 heteroatoms. The van der Waals surface area contributed by atoms with Crippen molar-refractivity contribution in [2.45, 2.75) is 0 Å². The lowest BCUT2D eigenvalue weighted by Gasteiger charge is -2.11. The standard InChI is InChI=1S/C13H12N4O4S/c1-20-11-8(4-3-5-10(11)21-22(2,18)19)12-16-9-6-14-7-15-13(9)17-12/h3-7H,1-2H3,(H,14,15,16,17). The van der Waals surface area contributed by atoms with Gasteiger partial charge in [0.1, 0.15) is 17.7 Å². The molecule has 1 N–H and O–H groups in total. The number of aromatic amines is 1. The van der Waals surface area contributed by atoms with Crippen molar-refractivity contribution < 1.29 is 17.3 Å². The molecule has 2 heterocycles. The van der Waals surface area contributed by atoms with Crippen molar-refractivity contribution in [1.29, 1.82) is 0 Å². The molecular weight excluding hydrogens is 308 g/mol. The summed E-state index contributed by atoms with van der Waals surface area (Å²) in [5.41, 5.74) is 1.72. The average molecular weight is 320 g/mol. The maximum absolute atomic E-state index is 11.3. The Balaban J connectivity index is 2.15. The Morgan fingerprint density at radius 1 is 1.27 bits per heavy atom. The highest BCUT2D eigenvalue weighted by molar-refractivity contribution is 7.86. The first-order valence-electron chi connectivity index (χ1n) is 6.20. The summed E-state index contributed by atoms with van der Waals surface area (Å²) in [5, 5.41) is 0. The fraction of sp³-hybridized carbons (Fsp3) is 0.154. The Morgan fingerprint density at radius 3 is 2.77 bits per heavy atom. The average Bonchev–Trinajstić information content (AvgIpc) is 2.89. The van der Waals surface area contributed by atoms with Gasteiger partial charge < -0.3 is 13.9 Å². The number of benzene rings is 1. The fourth-order valence-corrected chi connectivity index (χ4v) is 2.49. The molecule has 0 unspecified atom stereocenters. The minimum Gasteiger partial charge on any atom is -0.492 e. The van der Waals surface area contributed by atoms with Crippen LogP contribution >= 0.6 is 0 Å². The first-order valence-corrected chi connectivity index (χ1v) is 8.02. The zero-order valence-electron chi connectivity index (χ0n) is 11.8. The van der Waals surface area contributed by atoms with Gasteiger partial charge in [-0.1, -0.05) is 6.07 Å². The minimum absolute atomic E-state index is 0.0917. The lowest BCUT2D eigenvalue weighted by Crippen LogP contribution is -2.07. The molecule has 0 saturated carbocycles. The van der Waals surface area contributed by atoms with Gasteiger partial charge in [0, 0.05) is 0 Å². The second-order valence-electron chi connectivity index (χ2n) is 4.47. The predicted molar refractivity (Wildman–Crippen MR) is 79.1 cm³/mol. The van der Waals surface area contributed by atoms with Gasteiger partial charge in [0.2, 0.25) is 0 Å². The predicted octanol–water partition coefficient (Wildman–Crippen LogP) is 1.37. The van der Waals surface area contributed by atoms with E-state index in [1.165, 1.54) is 19.5 Å². The largest absolute Gasteiger partial charge is 0.492 e. The quantitative estimate of drug-likeness (QED) is 0.723. The third-order valence-electron chi connectivity index (χ3n) is 2.84. The number of hydrogen-bond donors (Lipinski definition) is 1. The summed E-state index contributed by atoms with van der Waals surface area (Å²) in [4.78, 5) is 15.3. The van der Waals surface area contributed by atoms with Crippen LogP contribution in [0.3, 0.4) is 0 Å². The number of fused-ring (bicyclic) bond motifs is 1. The van der Waals surface area contributed by atoms with Gasteiger partial charge in [0.15, 0.2) is 17.1 Å². The minimum atomic E-state index is -3.67. The Hall–Kier alpha value is -2.68. The number of aromatic nitrogens is 4.